The lowest BCUT2D eigenvalue weighted by Gasteiger charge is -2.42. The van der Waals surface area contributed by atoms with Gasteiger partial charge in [0, 0.05) is 50.0 Å². The van der Waals surface area contributed by atoms with Crippen molar-refractivity contribution in [3.8, 4) is 16.9 Å². The molecule has 0 saturated heterocycles. The van der Waals surface area contributed by atoms with Gasteiger partial charge in [0.25, 0.3) is 0 Å². The third-order valence-electron chi connectivity index (χ3n) is 11.6. The van der Waals surface area contributed by atoms with E-state index >= 15 is 0 Å². The molecule has 1 aromatic heterocycles. The van der Waals surface area contributed by atoms with Crippen molar-refractivity contribution in [1.29, 1.82) is 0 Å². The van der Waals surface area contributed by atoms with Crippen molar-refractivity contribution in [2.45, 2.75) is 45.4 Å². The van der Waals surface area contributed by atoms with Gasteiger partial charge in [-0.2, -0.15) is 0 Å². The number of hydrogen-bond donors (Lipinski definition) is 0. The highest BCUT2D eigenvalue weighted by Gasteiger charge is 2.48. The minimum Gasteiger partial charge on any atom is -0.310 e. The fourth-order valence-corrected chi connectivity index (χ4v) is 9.58. The van der Waals surface area contributed by atoms with E-state index < -0.39 is 0 Å². The molecule has 0 atom stereocenters. The summed E-state index contributed by atoms with van der Waals surface area (Å²) in [6.07, 6.45) is 0. The summed E-state index contributed by atoms with van der Waals surface area (Å²) in [7, 11) is 0. The van der Waals surface area contributed by atoms with Gasteiger partial charge in [-0.1, -0.05) is 124 Å². The average molecular weight is 617 g/mol. The zero-order valence-electron chi connectivity index (χ0n) is 28.2. The molecule has 10 rings (SSSR count). The van der Waals surface area contributed by atoms with Crippen LogP contribution < -0.4 is 21.3 Å². The van der Waals surface area contributed by atoms with Gasteiger partial charge in [-0.3, -0.25) is 0 Å². The summed E-state index contributed by atoms with van der Waals surface area (Å²) in [5, 5.41) is 1.38. The van der Waals surface area contributed by atoms with Crippen LogP contribution in [0.4, 0.5) is 17.1 Å². The molecular formula is C45H37BN2. The summed E-state index contributed by atoms with van der Waals surface area (Å²) < 4.78 is 2.66. The van der Waals surface area contributed by atoms with Gasteiger partial charge >= 0.3 is 0 Å². The van der Waals surface area contributed by atoms with E-state index in [4.69, 9.17) is 0 Å². The monoisotopic (exact) mass is 616 g/mol. The SMILES string of the molecule is Cc1cc2c3c(c1)C(C)(C)c1ccccc1B3c1cccc3c4c(n-2c13)-c1ccc(N(c2ccccc2)c2ccccc2)cc1C4(C)C. The van der Waals surface area contributed by atoms with Crippen molar-refractivity contribution < 1.29 is 0 Å². The highest BCUT2D eigenvalue weighted by atomic mass is 15.1. The Balaban J connectivity index is 1.27. The molecule has 3 heterocycles. The molecule has 3 aliphatic rings. The standard InChI is InChI=1S/C45H37BN2/c1-28-25-36-41-39(26-28)48-42-33(19-14-22-38(42)46(41)37-21-13-12-20-34(37)44(36,2)3)40-43(48)32-24-23-31(27-35(32)45(40,4)5)47(29-15-8-6-9-16-29)30-17-10-7-11-18-30/h6-27H,1-5H3. The number of para-hydroxylation sites is 3. The van der Waals surface area contributed by atoms with Gasteiger partial charge in [-0.15, -0.1) is 0 Å². The van der Waals surface area contributed by atoms with Crippen LogP contribution in [0, 0.1) is 6.92 Å². The fourth-order valence-electron chi connectivity index (χ4n) is 9.58. The predicted octanol–water partition coefficient (Wildman–Crippen LogP) is 9.18. The van der Waals surface area contributed by atoms with Crippen LogP contribution in [0.5, 0.6) is 0 Å². The zero-order valence-corrected chi connectivity index (χ0v) is 28.2. The number of nitrogens with zero attached hydrogens (tertiary/aromatic N) is 2. The van der Waals surface area contributed by atoms with Crippen molar-refractivity contribution in [2.75, 3.05) is 4.90 Å². The van der Waals surface area contributed by atoms with E-state index in [0.717, 1.165) is 11.4 Å². The van der Waals surface area contributed by atoms with Gasteiger partial charge < -0.3 is 9.47 Å². The second-order valence-corrected chi connectivity index (χ2v) is 15.1. The van der Waals surface area contributed by atoms with E-state index in [1.807, 2.05) is 0 Å². The molecule has 1 aliphatic carbocycles. The second-order valence-electron chi connectivity index (χ2n) is 15.1. The van der Waals surface area contributed by atoms with Crippen LogP contribution in [0.1, 0.15) is 55.5 Å². The van der Waals surface area contributed by atoms with Crippen LogP contribution in [0.15, 0.2) is 133 Å². The van der Waals surface area contributed by atoms with Crippen LogP contribution in [0.25, 0.3) is 27.8 Å². The average Bonchev–Trinajstić information content (AvgIpc) is 3.57. The van der Waals surface area contributed by atoms with E-state index in [1.165, 1.54) is 77.7 Å². The number of aryl methyl sites for hydroxylation is 1. The minimum absolute atomic E-state index is 0.0880. The summed E-state index contributed by atoms with van der Waals surface area (Å²) in [4.78, 5) is 2.38. The number of fused-ring (bicyclic) bond motifs is 9. The lowest BCUT2D eigenvalue weighted by atomic mass is 9.30. The van der Waals surface area contributed by atoms with Gasteiger partial charge in [-0.25, -0.2) is 0 Å². The van der Waals surface area contributed by atoms with Crippen molar-refractivity contribution in [1.82, 2.24) is 4.57 Å². The van der Waals surface area contributed by atoms with Crippen molar-refractivity contribution in [3.05, 3.63) is 161 Å². The van der Waals surface area contributed by atoms with Crippen molar-refractivity contribution >= 4 is 51.1 Å². The molecule has 0 N–H and O–H groups in total. The molecule has 2 aliphatic heterocycles. The Morgan fingerprint density at radius 3 is 1.96 bits per heavy atom. The third-order valence-corrected chi connectivity index (χ3v) is 11.6. The Morgan fingerprint density at radius 2 is 1.23 bits per heavy atom. The molecule has 3 heteroatoms. The van der Waals surface area contributed by atoms with Crippen molar-refractivity contribution in [2.24, 2.45) is 0 Å². The van der Waals surface area contributed by atoms with E-state index in [-0.39, 0.29) is 17.5 Å². The van der Waals surface area contributed by atoms with E-state index in [9.17, 15) is 0 Å². The Morgan fingerprint density at radius 1 is 0.562 bits per heavy atom. The number of hydrogen-bond acceptors (Lipinski definition) is 1. The summed E-state index contributed by atoms with van der Waals surface area (Å²) in [6, 6.07) is 49.8. The van der Waals surface area contributed by atoms with Gasteiger partial charge in [0.15, 0.2) is 0 Å². The Hall–Kier alpha value is -5.28. The normalized spacial score (nSPS) is 15.5. The first-order valence-electron chi connectivity index (χ1n) is 17.2. The maximum absolute atomic E-state index is 2.66. The summed E-state index contributed by atoms with van der Waals surface area (Å²) in [6.45, 7) is 12.2. The molecule has 0 radical (unpaired) electrons. The number of benzene rings is 6. The third kappa shape index (κ3) is 3.44. The lowest BCUT2D eigenvalue weighted by molar-refractivity contribution is 0.644. The molecule has 0 amide bonds. The van der Waals surface area contributed by atoms with Crippen molar-refractivity contribution in [3.63, 3.8) is 0 Å². The molecule has 0 saturated carbocycles. The van der Waals surface area contributed by atoms with Crippen LogP contribution in [0.3, 0.4) is 0 Å². The molecule has 0 bridgehead atoms. The van der Waals surface area contributed by atoms with Crippen LogP contribution in [0.2, 0.25) is 0 Å². The predicted molar refractivity (Wildman–Crippen MR) is 203 cm³/mol. The van der Waals surface area contributed by atoms with Gasteiger partial charge in [0.05, 0.1) is 5.69 Å². The number of aromatic nitrogens is 1. The maximum Gasteiger partial charge on any atom is 0.247 e. The number of rotatable bonds is 3. The van der Waals surface area contributed by atoms with E-state index in [2.05, 4.69) is 178 Å². The summed E-state index contributed by atoms with van der Waals surface area (Å²) >= 11 is 0. The number of anilines is 3. The van der Waals surface area contributed by atoms with E-state index in [1.54, 1.807) is 0 Å². The topological polar surface area (TPSA) is 8.17 Å². The van der Waals surface area contributed by atoms with E-state index in [0.29, 0.717) is 0 Å². The summed E-state index contributed by atoms with van der Waals surface area (Å²) in [5.74, 6) is 0. The lowest BCUT2D eigenvalue weighted by Crippen LogP contribution is -2.63. The van der Waals surface area contributed by atoms with Crippen LogP contribution in [-0.2, 0) is 10.8 Å². The molecule has 2 nitrogen and oxygen atoms in total. The van der Waals surface area contributed by atoms with Gasteiger partial charge in [0.1, 0.15) is 0 Å². The largest absolute Gasteiger partial charge is 0.310 e. The first-order chi connectivity index (χ1) is 23.3. The first kappa shape index (κ1) is 27.8. The first-order valence-corrected chi connectivity index (χ1v) is 17.2. The minimum atomic E-state index is -0.189. The van der Waals surface area contributed by atoms with Gasteiger partial charge in [0.2, 0.25) is 6.71 Å². The smallest absolute Gasteiger partial charge is 0.247 e. The maximum atomic E-state index is 2.66. The fraction of sp³-hybridized carbons (Fsp3) is 0.156. The molecule has 0 fully saturated rings. The molecule has 48 heavy (non-hydrogen) atoms. The zero-order chi connectivity index (χ0) is 32.5. The molecule has 0 spiro atoms. The molecular weight excluding hydrogens is 579 g/mol. The second kappa shape index (κ2) is 9.42. The van der Waals surface area contributed by atoms with Crippen LogP contribution >= 0.6 is 0 Å². The highest BCUT2D eigenvalue weighted by Crippen LogP contribution is 2.55. The molecule has 6 aromatic carbocycles. The molecule has 0 unspecified atom stereocenters. The Bertz CT molecular complexity index is 2430. The Kier molecular flexibility index (Phi) is 5.45. The quantitative estimate of drug-likeness (QED) is 0.180. The van der Waals surface area contributed by atoms with Gasteiger partial charge in [-0.05, 0) is 88.1 Å². The Labute approximate surface area is 283 Å². The molecule has 7 aromatic rings. The molecule has 230 valence electrons. The van der Waals surface area contributed by atoms with Crippen LogP contribution in [-0.4, -0.2) is 11.3 Å². The summed E-state index contributed by atoms with van der Waals surface area (Å²) in [5.41, 5.74) is 20.1. The highest BCUT2D eigenvalue weighted by molar-refractivity contribution is 6.99.